The molecule has 15 heavy (non-hydrogen) atoms. The lowest BCUT2D eigenvalue weighted by atomic mass is 9.85. The largest absolute Gasteiger partial charge is 0.370 e. The van der Waals surface area contributed by atoms with E-state index >= 15 is 0 Å². The summed E-state index contributed by atoms with van der Waals surface area (Å²) in [7, 11) is 0. The molecule has 0 aliphatic heterocycles. The number of hydrogen-bond donors (Lipinski definition) is 2. The minimum absolute atomic E-state index is 0.485. The lowest BCUT2D eigenvalue weighted by Crippen LogP contribution is -2.35. The molecule has 2 aliphatic carbocycles. The fourth-order valence-corrected chi connectivity index (χ4v) is 2.35. The lowest BCUT2D eigenvalue weighted by Gasteiger charge is -2.25. The Balaban J connectivity index is 1.74. The maximum Gasteiger partial charge on any atom is 0.189 e. The van der Waals surface area contributed by atoms with Gasteiger partial charge in [0.1, 0.15) is 0 Å². The molecule has 0 saturated heterocycles. The molecule has 0 radical (unpaired) electrons. The first-order valence-corrected chi connectivity index (χ1v) is 6.37. The van der Waals surface area contributed by atoms with Gasteiger partial charge in [-0.3, -0.25) is 4.99 Å². The van der Waals surface area contributed by atoms with Gasteiger partial charge in [0.15, 0.2) is 5.96 Å². The van der Waals surface area contributed by atoms with Crippen LogP contribution in [0.2, 0.25) is 0 Å². The van der Waals surface area contributed by atoms with Gasteiger partial charge in [-0.2, -0.15) is 0 Å². The molecule has 86 valence electrons. The number of nitrogens with one attached hydrogen (secondary N) is 1. The summed E-state index contributed by atoms with van der Waals surface area (Å²) in [5.41, 5.74) is 5.85. The molecule has 2 fully saturated rings. The van der Waals surface area contributed by atoms with E-state index in [0.717, 1.165) is 5.92 Å². The summed E-state index contributed by atoms with van der Waals surface area (Å²) in [5, 5.41) is 3.25. The molecular weight excluding hydrogens is 186 g/mol. The molecule has 2 rings (SSSR count). The normalized spacial score (nSPS) is 32.7. The quantitative estimate of drug-likeness (QED) is 0.552. The summed E-state index contributed by atoms with van der Waals surface area (Å²) in [5.74, 6) is 1.62. The van der Waals surface area contributed by atoms with E-state index in [2.05, 4.69) is 17.2 Å². The van der Waals surface area contributed by atoms with E-state index in [4.69, 9.17) is 5.73 Å². The highest BCUT2D eigenvalue weighted by Crippen LogP contribution is 2.28. The highest BCUT2D eigenvalue weighted by atomic mass is 15.1. The van der Waals surface area contributed by atoms with Crippen LogP contribution in [0.5, 0.6) is 0 Å². The summed E-state index contributed by atoms with van der Waals surface area (Å²) in [4.78, 5) is 4.57. The fraction of sp³-hybridized carbons (Fsp3) is 0.917. The van der Waals surface area contributed by atoms with Gasteiger partial charge >= 0.3 is 0 Å². The summed E-state index contributed by atoms with van der Waals surface area (Å²) in [6.07, 6.45) is 8.98. The number of hydrogen-bond acceptors (Lipinski definition) is 1. The predicted octanol–water partition coefficient (Wildman–Crippen LogP) is 2.02. The van der Waals surface area contributed by atoms with Gasteiger partial charge in [0.25, 0.3) is 0 Å². The molecule has 0 aromatic carbocycles. The lowest BCUT2D eigenvalue weighted by molar-refractivity contribution is 0.320. The smallest absolute Gasteiger partial charge is 0.189 e. The van der Waals surface area contributed by atoms with E-state index < -0.39 is 0 Å². The minimum Gasteiger partial charge on any atom is -0.370 e. The van der Waals surface area contributed by atoms with Gasteiger partial charge in [0, 0.05) is 6.04 Å². The van der Waals surface area contributed by atoms with Crippen molar-refractivity contribution in [2.75, 3.05) is 0 Å². The van der Waals surface area contributed by atoms with E-state index in [1.54, 1.807) is 0 Å². The molecule has 2 saturated carbocycles. The van der Waals surface area contributed by atoms with Crippen LogP contribution >= 0.6 is 0 Å². The Labute approximate surface area is 92.5 Å². The molecule has 0 spiro atoms. The second-order valence-corrected chi connectivity index (χ2v) is 5.02. The summed E-state index contributed by atoms with van der Waals surface area (Å²) in [6.45, 7) is 2.29. The zero-order valence-electron chi connectivity index (χ0n) is 9.71. The van der Waals surface area contributed by atoms with Crippen molar-refractivity contribution in [1.82, 2.24) is 5.32 Å². The van der Waals surface area contributed by atoms with Gasteiger partial charge in [0.2, 0.25) is 0 Å². The Morgan fingerprint density at radius 3 is 2.40 bits per heavy atom. The maximum atomic E-state index is 5.85. The molecule has 0 atom stereocenters. The van der Waals surface area contributed by atoms with Crippen molar-refractivity contribution in [2.45, 2.75) is 64.0 Å². The first-order chi connectivity index (χ1) is 7.28. The second-order valence-electron chi connectivity index (χ2n) is 5.02. The topological polar surface area (TPSA) is 50.4 Å². The molecule has 0 heterocycles. The van der Waals surface area contributed by atoms with Crippen LogP contribution in [0.3, 0.4) is 0 Å². The molecule has 3 N–H and O–H groups in total. The average molecular weight is 209 g/mol. The molecule has 3 heteroatoms. The molecule has 0 aromatic heterocycles. The van der Waals surface area contributed by atoms with Gasteiger partial charge in [0.05, 0.1) is 6.04 Å². The zero-order chi connectivity index (χ0) is 10.7. The number of guanidine groups is 1. The van der Waals surface area contributed by atoms with E-state index in [0.29, 0.717) is 18.0 Å². The van der Waals surface area contributed by atoms with Crippen LogP contribution < -0.4 is 11.1 Å². The van der Waals surface area contributed by atoms with Crippen LogP contribution in [0, 0.1) is 5.92 Å². The van der Waals surface area contributed by atoms with Crippen molar-refractivity contribution in [2.24, 2.45) is 16.6 Å². The molecule has 0 amide bonds. The first-order valence-electron chi connectivity index (χ1n) is 6.37. The van der Waals surface area contributed by atoms with Crippen LogP contribution in [-0.2, 0) is 0 Å². The minimum atomic E-state index is 0.485. The summed E-state index contributed by atoms with van der Waals surface area (Å²) < 4.78 is 0. The van der Waals surface area contributed by atoms with Gasteiger partial charge in [-0.25, -0.2) is 0 Å². The Morgan fingerprint density at radius 1 is 1.20 bits per heavy atom. The Morgan fingerprint density at radius 2 is 1.87 bits per heavy atom. The highest BCUT2D eigenvalue weighted by Gasteiger charge is 2.23. The Bertz CT molecular complexity index is 225. The third-order valence-corrected chi connectivity index (χ3v) is 3.64. The molecule has 2 aliphatic rings. The number of nitrogens with two attached hydrogens (primary N) is 1. The SMILES string of the molecule is CCC1CCC(N=C(N)NC2CC2)CC1. The highest BCUT2D eigenvalue weighted by molar-refractivity contribution is 5.78. The Kier molecular flexibility index (Phi) is 3.49. The Hall–Kier alpha value is -0.730. The fourth-order valence-electron chi connectivity index (χ4n) is 2.35. The number of aliphatic imine (C=N–C) groups is 1. The van der Waals surface area contributed by atoms with Crippen LogP contribution in [0.15, 0.2) is 4.99 Å². The van der Waals surface area contributed by atoms with Crippen LogP contribution in [-0.4, -0.2) is 18.0 Å². The monoisotopic (exact) mass is 209 g/mol. The number of nitrogens with zero attached hydrogens (tertiary/aromatic N) is 1. The average Bonchev–Trinajstić information content (AvgIpc) is 3.03. The van der Waals surface area contributed by atoms with Crippen molar-refractivity contribution < 1.29 is 0 Å². The zero-order valence-corrected chi connectivity index (χ0v) is 9.71. The van der Waals surface area contributed by atoms with E-state index in [9.17, 15) is 0 Å². The van der Waals surface area contributed by atoms with E-state index in [1.165, 1.54) is 44.9 Å². The van der Waals surface area contributed by atoms with Crippen molar-refractivity contribution in [1.29, 1.82) is 0 Å². The van der Waals surface area contributed by atoms with E-state index in [1.807, 2.05) is 0 Å². The van der Waals surface area contributed by atoms with Crippen LogP contribution in [0.1, 0.15) is 51.9 Å². The predicted molar refractivity (Wildman–Crippen MR) is 63.8 cm³/mol. The third-order valence-electron chi connectivity index (χ3n) is 3.64. The molecule has 3 nitrogen and oxygen atoms in total. The van der Waals surface area contributed by atoms with Crippen molar-refractivity contribution >= 4 is 5.96 Å². The third kappa shape index (κ3) is 3.40. The number of rotatable bonds is 3. The van der Waals surface area contributed by atoms with Gasteiger partial charge < -0.3 is 11.1 Å². The molecular formula is C12H23N3. The van der Waals surface area contributed by atoms with Crippen LogP contribution in [0.4, 0.5) is 0 Å². The van der Waals surface area contributed by atoms with Gasteiger partial charge in [-0.1, -0.05) is 13.3 Å². The van der Waals surface area contributed by atoms with Gasteiger partial charge in [-0.15, -0.1) is 0 Å². The summed E-state index contributed by atoms with van der Waals surface area (Å²) >= 11 is 0. The standard InChI is InChI=1S/C12H23N3/c1-2-9-3-5-10(6-4-9)14-12(13)15-11-7-8-11/h9-11H,2-8H2,1H3,(H3,13,14,15). The first kappa shape index (κ1) is 10.8. The van der Waals surface area contributed by atoms with Crippen LogP contribution in [0.25, 0.3) is 0 Å². The molecule has 0 unspecified atom stereocenters. The van der Waals surface area contributed by atoms with Crippen molar-refractivity contribution in [3.63, 3.8) is 0 Å². The second kappa shape index (κ2) is 4.86. The molecule has 0 aromatic rings. The maximum absolute atomic E-state index is 5.85. The van der Waals surface area contributed by atoms with E-state index in [-0.39, 0.29) is 0 Å². The van der Waals surface area contributed by atoms with Gasteiger partial charge in [-0.05, 0) is 44.4 Å². The molecule has 0 bridgehead atoms. The van der Waals surface area contributed by atoms with Crippen molar-refractivity contribution in [3.05, 3.63) is 0 Å². The van der Waals surface area contributed by atoms with Crippen molar-refractivity contribution in [3.8, 4) is 0 Å². The summed E-state index contributed by atoms with van der Waals surface area (Å²) in [6, 6.07) is 1.11.